The molecule has 7 heteroatoms. The number of imidazole rings is 1. The minimum Gasteiger partial charge on any atom is -0.338 e. The van der Waals surface area contributed by atoms with Crippen molar-refractivity contribution in [3.05, 3.63) is 35.7 Å². The lowest BCUT2D eigenvalue weighted by Crippen LogP contribution is -2.42. The molecule has 3 rings (SSSR count). The molecule has 1 amide bonds. The molecule has 0 radical (unpaired) electrons. The number of Topliss-reactive ketones (excluding diaryl/α,β-unsaturated/α-hetero) is 1. The van der Waals surface area contributed by atoms with Crippen LogP contribution < -0.4 is 0 Å². The minimum absolute atomic E-state index is 0.0170. The van der Waals surface area contributed by atoms with Crippen molar-refractivity contribution in [2.24, 2.45) is 13.0 Å². The topological polar surface area (TPSA) is 73.0 Å². The second-order valence-corrected chi connectivity index (χ2v) is 6.68. The third kappa shape index (κ3) is 3.36. The number of carbonyl (C=O) groups excluding carboxylic acids is 2. The van der Waals surface area contributed by atoms with Gasteiger partial charge in [-0.25, -0.2) is 4.98 Å². The number of carbonyl (C=O) groups is 2. The number of aromatic nitrogens is 4. The molecule has 0 spiro atoms. The van der Waals surface area contributed by atoms with Crippen molar-refractivity contribution in [1.29, 1.82) is 0 Å². The van der Waals surface area contributed by atoms with Crippen LogP contribution in [0, 0.1) is 12.8 Å². The first kappa shape index (κ1) is 17.4. The SMILES string of the molecule is CCCn1ncc(C(=O)N2CCC[C@H](C(=O)c3nccn3C)C2)c1C. The van der Waals surface area contributed by atoms with Crippen LogP contribution in [-0.4, -0.2) is 49.0 Å². The Morgan fingerprint density at radius 3 is 2.84 bits per heavy atom. The smallest absolute Gasteiger partial charge is 0.257 e. The van der Waals surface area contributed by atoms with Crippen molar-refractivity contribution >= 4 is 11.7 Å². The molecule has 1 saturated heterocycles. The summed E-state index contributed by atoms with van der Waals surface area (Å²) in [6.07, 6.45) is 7.64. The Balaban J connectivity index is 1.74. The van der Waals surface area contributed by atoms with Crippen LogP contribution in [0.4, 0.5) is 0 Å². The summed E-state index contributed by atoms with van der Waals surface area (Å²) < 4.78 is 3.61. The third-order valence-electron chi connectivity index (χ3n) is 4.89. The van der Waals surface area contributed by atoms with E-state index in [2.05, 4.69) is 17.0 Å². The van der Waals surface area contributed by atoms with Gasteiger partial charge >= 0.3 is 0 Å². The van der Waals surface area contributed by atoms with Gasteiger partial charge in [-0.1, -0.05) is 6.92 Å². The summed E-state index contributed by atoms with van der Waals surface area (Å²) in [5, 5.41) is 4.32. The maximum absolute atomic E-state index is 12.9. The van der Waals surface area contributed by atoms with Crippen LogP contribution in [0.2, 0.25) is 0 Å². The van der Waals surface area contributed by atoms with E-state index in [9.17, 15) is 9.59 Å². The molecule has 1 fully saturated rings. The number of ketones is 1. The maximum Gasteiger partial charge on any atom is 0.257 e. The first-order valence-corrected chi connectivity index (χ1v) is 8.86. The molecule has 0 saturated carbocycles. The molecule has 0 aliphatic carbocycles. The largest absolute Gasteiger partial charge is 0.338 e. The van der Waals surface area contributed by atoms with Crippen LogP contribution in [0.15, 0.2) is 18.6 Å². The molecule has 134 valence electrons. The molecule has 1 atom stereocenters. The Kier molecular flexibility index (Phi) is 5.01. The van der Waals surface area contributed by atoms with Crippen LogP contribution in [-0.2, 0) is 13.6 Å². The molecular weight excluding hydrogens is 318 g/mol. The summed E-state index contributed by atoms with van der Waals surface area (Å²) in [5.74, 6) is 0.261. The maximum atomic E-state index is 12.9. The summed E-state index contributed by atoms with van der Waals surface area (Å²) in [6, 6.07) is 0. The highest BCUT2D eigenvalue weighted by Gasteiger charge is 2.32. The Labute approximate surface area is 147 Å². The van der Waals surface area contributed by atoms with Gasteiger partial charge in [0.2, 0.25) is 5.78 Å². The van der Waals surface area contributed by atoms with Gasteiger partial charge < -0.3 is 9.47 Å². The normalized spacial score (nSPS) is 17.7. The van der Waals surface area contributed by atoms with Gasteiger partial charge in [0, 0.05) is 50.7 Å². The monoisotopic (exact) mass is 343 g/mol. The number of hydrogen-bond donors (Lipinski definition) is 0. The lowest BCUT2D eigenvalue weighted by molar-refractivity contribution is 0.0632. The highest BCUT2D eigenvalue weighted by atomic mass is 16.2. The minimum atomic E-state index is -0.190. The van der Waals surface area contributed by atoms with E-state index in [0.29, 0.717) is 24.5 Å². The Morgan fingerprint density at radius 1 is 1.36 bits per heavy atom. The van der Waals surface area contributed by atoms with Gasteiger partial charge in [0.15, 0.2) is 5.82 Å². The van der Waals surface area contributed by atoms with Crippen molar-refractivity contribution in [2.75, 3.05) is 13.1 Å². The second kappa shape index (κ2) is 7.21. The van der Waals surface area contributed by atoms with Crippen molar-refractivity contribution in [2.45, 2.75) is 39.7 Å². The van der Waals surface area contributed by atoms with Crippen molar-refractivity contribution in [3.63, 3.8) is 0 Å². The fraction of sp³-hybridized carbons (Fsp3) is 0.556. The van der Waals surface area contributed by atoms with E-state index in [1.54, 1.807) is 28.1 Å². The molecule has 1 aliphatic heterocycles. The molecular formula is C18H25N5O2. The number of nitrogens with zero attached hydrogens (tertiary/aromatic N) is 5. The fourth-order valence-corrected chi connectivity index (χ4v) is 3.43. The van der Waals surface area contributed by atoms with E-state index in [-0.39, 0.29) is 17.6 Å². The number of likely N-dealkylation sites (tertiary alicyclic amines) is 1. The lowest BCUT2D eigenvalue weighted by atomic mass is 9.93. The highest BCUT2D eigenvalue weighted by Crippen LogP contribution is 2.22. The molecule has 0 N–H and O–H groups in total. The highest BCUT2D eigenvalue weighted by molar-refractivity contribution is 5.97. The number of piperidine rings is 1. The molecule has 3 heterocycles. The predicted octanol–water partition coefficient (Wildman–Crippen LogP) is 2.07. The Bertz CT molecular complexity index is 776. The van der Waals surface area contributed by atoms with E-state index in [4.69, 9.17) is 0 Å². The van der Waals surface area contributed by atoms with E-state index in [1.807, 2.05) is 18.7 Å². The van der Waals surface area contributed by atoms with Crippen LogP contribution in [0.3, 0.4) is 0 Å². The van der Waals surface area contributed by atoms with Crippen LogP contribution in [0.5, 0.6) is 0 Å². The van der Waals surface area contributed by atoms with Gasteiger partial charge in [0.05, 0.1) is 11.8 Å². The lowest BCUT2D eigenvalue weighted by Gasteiger charge is -2.31. The molecule has 0 unspecified atom stereocenters. The zero-order valence-electron chi connectivity index (χ0n) is 15.1. The van der Waals surface area contributed by atoms with Gasteiger partial charge in [-0.3, -0.25) is 14.3 Å². The molecule has 2 aromatic rings. The summed E-state index contributed by atoms with van der Waals surface area (Å²) in [6.45, 7) is 5.95. The molecule has 2 aromatic heterocycles. The van der Waals surface area contributed by atoms with Crippen molar-refractivity contribution in [3.8, 4) is 0 Å². The van der Waals surface area contributed by atoms with Gasteiger partial charge in [-0.05, 0) is 26.2 Å². The van der Waals surface area contributed by atoms with Gasteiger partial charge in [0.1, 0.15) is 0 Å². The Hall–Kier alpha value is -2.44. The predicted molar refractivity (Wildman–Crippen MR) is 93.4 cm³/mol. The van der Waals surface area contributed by atoms with Gasteiger partial charge in [0.25, 0.3) is 5.91 Å². The quantitative estimate of drug-likeness (QED) is 0.779. The summed E-state index contributed by atoms with van der Waals surface area (Å²) in [7, 11) is 1.82. The molecule has 7 nitrogen and oxygen atoms in total. The number of amides is 1. The number of rotatable bonds is 5. The van der Waals surface area contributed by atoms with E-state index < -0.39 is 0 Å². The van der Waals surface area contributed by atoms with E-state index >= 15 is 0 Å². The average Bonchev–Trinajstić information content (AvgIpc) is 3.20. The molecule has 25 heavy (non-hydrogen) atoms. The first-order valence-electron chi connectivity index (χ1n) is 8.86. The first-order chi connectivity index (χ1) is 12.0. The summed E-state index contributed by atoms with van der Waals surface area (Å²) in [4.78, 5) is 31.5. The zero-order valence-corrected chi connectivity index (χ0v) is 15.1. The molecule has 1 aliphatic rings. The van der Waals surface area contributed by atoms with Crippen LogP contribution in [0.1, 0.15) is 52.9 Å². The summed E-state index contributed by atoms with van der Waals surface area (Å²) >= 11 is 0. The van der Waals surface area contributed by atoms with Crippen LogP contribution >= 0.6 is 0 Å². The fourth-order valence-electron chi connectivity index (χ4n) is 3.43. The second-order valence-electron chi connectivity index (χ2n) is 6.68. The Morgan fingerprint density at radius 2 is 2.16 bits per heavy atom. The molecule has 0 aromatic carbocycles. The van der Waals surface area contributed by atoms with Gasteiger partial charge in [-0.15, -0.1) is 0 Å². The number of hydrogen-bond acceptors (Lipinski definition) is 4. The third-order valence-corrected chi connectivity index (χ3v) is 4.89. The van der Waals surface area contributed by atoms with Gasteiger partial charge in [-0.2, -0.15) is 5.10 Å². The standard InChI is InChI=1S/C18H25N5O2/c1-4-8-23-13(2)15(11-20-23)18(25)22-9-5-6-14(12-22)16(24)17-19-7-10-21(17)3/h7,10-11,14H,4-6,8-9,12H2,1-3H3/t14-/m0/s1. The molecule has 0 bridgehead atoms. The van der Waals surface area contributed by atoms with Crippen molar-refractivity contribution < 1.29 is 9.59 Å². The van der Waals surface area contributed by atoms with E-state index in [0.717, 1.165) is 31.5 Å². The number of aryl methyl sites for hydroxylation is 2. The average molecular weight is 343 g/mol. The van der Waals surface area contributed by atoms with Crippen molar-refractivity contribution in [1.82, 2.24) is 24.2 Å². The zero-order chi connectivity index (χ0) is 18.0. The van der Waals surface area contributed by atoms with Crippen LogP contribution in [0.25, 0.3) is 0 Å². The van der Waals surface area contributed by atoms with E-state index in [1.165, 1.54) is 0 Å². The summed E-state index contributed by atoms with van der Waals surface area (Å²) in [5.41, 5.74) is 1.53.